The summed E-state index contributed by atoms with van der Waals surface area (Å²) in [6.07, 6.45) is 0.640. The smallest absolute Gasteiger partial charge is 0.142 e. The standard InChI is InChI=1S/C9H12ClFN2/c10-7-2-1-6(5-8(7)11)9(13)3-4-12/h1-2,5,9H,3-4,12-13H2/t9-/m0/s1. The molecule has 4 heteroatoms. The van der Waals surface area contributed by atoms with Crippen molar-refractivity contribution >= 4 is 11.6 Å². The van der Waals surface area contributed by atoms with Crippen LogP contribution in [0.3, 0.4) is 0 Å². The summed E-state index contributed by atoms with van der Waals surface area (Å²) in [5, 5.41) is 0.115. The van der Waals surface area contributed by atoms with Crippen molar-refractivity contribution < 1.29 is 4.39 Å². The maximum Gasteiger partial charge on any atom is 0.142 e. The van der Waals surface area contributed by atoms with Crippen LogP contribution >= 0.6 is 11.6 Å². The molecule has 0 fully saturated rings. The number of benzene rings is 1. The molecule has 2 nitrogen and oxygen atoms in total. The molecular formula is C9H12ClFN2. The van der Waals surface area contributed by atoms with Crippen LogP contribution in [-0.2, 0) is 0 Å². The van der Waals surface area contributed by atoms with Crippen molar-refractivity contribution in [3.8, 4) is 0 Å². The third-order valence-corrected chi connectivity index (χ3v) is 2.16. The molecule has 0 aliphatic heterocycles. The summed E-state index contributed by atoms with van der Waals surface area (Å²) in [6, 6.07) is 4.36. The lowest BCUT2D eigenvalue weighted by Crippen LogP contribution is -2.15. The van der Waals surface area contributed by atoms with E-state index in [-0.39, 0.29) is 11.1 Å². The SMILES string of the molecule is NCC[C@H](N)c1ccc(Cl)c(F)c1. The van der Waals surface area contributed by atoms with Crippen molar-refractivity contribution in [3.05, 3.63) is 34.6 Å². The Balaban J connectivity index is 2.84. The molecule has 0 aliphatic rings. The minimum absolute atomic E-state index is 0.115. The van der Waals surface area contributed by atoms with Crippen LogP contribution in [0.5, 0.6) is 0 Å². The largest absolute Gasteiger partial charge is 0.330 e. The van der Waals surface area contributed by atoms with Gasteiger partial charge in [0.15, 0.2) is 0 Å². The monoisotopic (exact) mass is 202 g/mol. The molecule has 1 atom stereocenters. The highest BCUT2D eigenvalue weighted by molar-refractivity contribution is 6.30. The van der Waals surface area contributed by atoms with Gasteiger partial charge in [-0.05, 0) is 30.7 Å². The van der Waals surface area contributed by atoms with E-state index >= 15 is 0 Å². The Morgan fingerprint density at radius 2 is 2.15 bits per heavy atom. The zero-order valence-electron chi connectivity index (χ0n) is 7.13. The summed E-state index contributed by atoms with van der Waals surface area (Å²) >= 11 is 5.52. The van der Waals surface area contributed by atoms with Gasteiger partial charge >= 0.3 is 0 Å². The van der Waals surface area contributed by atoms with Gasteiger partial charge in [0.05, 0.1) is 5.02 Å². The molecule has 0 aliphatic carbocycles. The van der Waals surface area contributed by atoms with E-state index in [1.807, 2.05) is 0 Å². The molecule has 0 spiro atoms. The molecule has 1 aromatic carbocycles. The van der Waals surface area contributed by atoms with Crippen molar-refractivity contribution in [2.75, 3.05) is 6.54 Å². The van der Waals surface area contributed by atoms with E-state index in [1.54, 1.807) is 6.07 Å². The number of rotatable bonds is 3. The Hall–Kier alpha value is -0.640. The molecule has 4 N–H and O–H groups in total. The maximum atomic E-state index is 13.0. The zero-order chi connectivity index (χ0) is 9.84. The molecular weight excluding hydrogens is 191 g/mol. The van der Waals surface area contributed by atoms with Crippen molar-refractivity contribution in [1.29, 1.82) is 0 Å². The van der Waals surface area contributed by atoms with Gasteiger partial charge in [-0.15, -0.1) is 0 Å². The molecule has 72 valence electrons. The number of hydrogen-bond acceptors (Lipinski definition) is 2. The molecule has 0 heterocycles. The first-order valence-corrected chi connectivity index (χ1v) is 4.43. The lowest BCUT2D eigenvalue weighted by atomic mass is 10.1. The third-order valence-electron chi connectivity index (χ3n) is 1.85. The van der Waals surface area contributed by atoms with Gasteiger partial charge in [-0.2, -0.15) is 0 Å². The average Bonchev–Trinajstić information content (AvgIpc) is 2.10. The summed E-state index contributed by atoms with van der Waals surface area (Å²) in [6.45, 7) is 0.491. The second-order valence-corrected chi connectivity index (χ2v) is 3.26. The molecule has 13 heavy (non-hydrogen) atoms. The van der Waals surface area contributed by atoms with E-state index in [1.165, 1.54) is 12.1 Å². The van der Waals surface area contributed by atoms with Gasteiger partial charge in [0.25, 0.3) is 0 Å². The van der Waals surface area contributed by atoms with Gasteiger partial charge in [-0.25, -0.2) is 4.39 Å². The topological polar surface area (TPSA) is 52.0 Å². The van der Waals surface area contributed by atoms with Gasteiger partial charge in [-0.3, -0.25) is 0 Å². The van der Waals surface area contributed by atoms with Gasteiger partial charge in [0.1, 0.15) is 5.82 Å². The molecule has 1 aromatic rings. The summed E-state index contributed by atoms with van der Waals surface area (Å²) < 4.78 is 13.0. The van der Waals surface area contributed by atoms with E-state index in [0.717, 1.165) is 5.56 Å². The Bertz CT molecular complexity index is 291. The van der Waals surface area contributed by atoms with Crippen molar-refractivity contribution in [1.82, 2.24) is 0 Å². The van der Waals surface area contributed by atoms with Crippen LogP contribution in [-0.4, -0.2) is 6.54 Å². The third kappa shape index (κ3) is 2.66. The van der Waals surface area contributed by atoms with Gasteiger partial charge in [-0.1, -0.05) is 17.7 Å². The Morgan fingerprint density at radius 1 is 1.46 bits per heavy atom. The van der Waals surface area contributed by atoms with Crippen molar-refractivity contribution in [2.45, 2.75) is 12.5 Å². The first-order chi connectivity index (χ1) is 6.15. The summed E-state index contributed by atoms with van der Waals surface area (Å²) in [7, 11) is 0. The maximum absolute atomic E-state index is 13.0. The lowest BCUT2D eigenvalue weighted by Gasteiger charge is -2.10. The highest BCUT2D eigenvalue weighted by atomic mass is 35.5. The van der Waals surface area contributed by atoms with Crippen LogP contribution in [0.1, 0.15) is 18.0 Å². The van der Waals surface area contributed by atoms with E-state index in [4.69, 9.17) is 23.1 Å². The van der Waals surface area contributed by atoms with E-state index in [0.29, 0.717) is 13.0 Å². The quantitative estimate of drug-likeness (QED) is 0.786. The number of nitrogens with two attached hydrogens (primary N) is 2. The van der Waals surface area contributed by atoms with Crippen LogP contribution < -0.4 is 11.5 Å². The molecule has 0 radical (unpaired) electrons. The predicted octanol–water partition coefficient (Wildman–Crippen LogP) is 1.83. The molecule has 0 saturated carbocycles. The molecule has 0 amide bonds. The first-order valence-electron chi connectivity index (χ1n) is 4.05. The van der Waals surface area contributed by atoms with Crippen LogP contribution in [0.4, 0.5) is 4.39 Å². The fraction of sp³-hybridized carbons (Fsp3) is 0.333. The van der Waals surface area contributed by atoms with Crippen molar-refractivity contribution in [2.24, 2.45) is 11.5 Å². The molecule has 0 unspecified atom stereocenters. The van der Waals surface area contributed by atoms with E-state index < -0.39 is 5.82 Å². The van der Waals surface area contributed by atoms with E-state index in [2.05, 4.69) is 0 Å². The second-order valence-electron chi connectivity index (χ2n) is 2.86. The molecule has 0 saturated heterocycles. The van der Waals surface area contributed by atoms with Crippen molar-refractivity contribution in [3.63, 3.8) is 0 Å². The number of halogens is 2. The van der Waals surface area contributed by atoms with Crippen LogP contribution in [0, 0.1) is 5.82 Å². The minimum Gasteiger partial charge on any atom is -0.330 e. The van der Waals surface area contributed by atoms with Crippen LogP contribution in [0.2, 0.25) is 5.02 Å². The summed E-state index contributed by atoms with van der Waals surface area (Å²) in [5.74, 6) is -0.438. The minimum atomic E-state index is -0.438. The molecule has 0 bridgehead atoms. The Labute approximate surface area is 81.7 Å². The fourth-order valence-electron chi connectivity index (χ4n) is 1.09. The summed E-state index contributed by atoms with van der Waals surface area (Å²) in [5.41, 5.74) is 11.8. The van der Waals surface area contributed by atoms with Crippen LogP contribution in [0.15, 0.2) is 18.2 Å². The normalized spacial score (nSPS) is 12.9. The predicted molar refractivity (Wildman–Crippen MR) is 52.0 cm³/mol. The lowest BCUT2D eigenvalue weighted by molar-refractivity contribution is 0.612. The van der Waals surface area contributed by atoms with E-state index in [9.17, 15) is 4.39 Å². The Kier molecular flexibility index (Phi) is 3.66. The highest BCUT2D eigenvalue weighted by Crippen LogP contribution is 2.20. The average molecular weight is 203 g/mol. The van der Waals surface area contributed by atoms with Gasteiger partial charge in [0.2, 0.25) is 0 Å². The van der Waals surface area contributed by atoms with Gasteiger partial charge < -0.3 is 11.5 Å². The first kappa shape index (κ1) is 10.4. The Morgan fingerprint density at radius 3 is 2.69 bits per heavy atom. The summed E-state index contributed by atoms with van der Waals surface area (Å²) in [4.78, 5) is 0. The highest BCUT2D eigenvalue weighted by Gasteiger charge is 2.07. The number of hydrogen-bond donors (Lipinski definition) is 2. The second kappa shape index (κ2) is 4.56. The molecule has 1 rings (SSSR count). The van der Waals surface area contributed by atoms with Gasteiger partial charge in [0, 0.05) is 6.04 Å². The van der Waals surface area contributed by atoms with Crippen LogP contribution in [0.25, 0.3) is 0 Å². The molecule has 0 aromatic heterocycles. The zero-order valence-corrected chi connectivity index (χ0v) is 7.89. The fourth-order valence-corrected chi connectivity index (χ4v) is 1.21.